The van der Waals surface area contributed by atoms with Gasteiger partial charge in [0.1, 0.15) is 0 Å². The molecule has 0 saturated heterocycles. The largest absolute Gasteiger partial charge is 0.309 e. The molecule has 244 valence electrons. The lowest BCUT2D eigenvalue weighted by Gasteiger charge is -2.15. The Bertz CT molecular complexity index is 2790. The number of nitrogens with zero attached hydrogens (tertiary/aromatic N) is 5. The van der Waals surface area contributed by atoms with Gasteiger partial charge in [-0.05, 0) is 48.5 Å². The highest BCUT2D eigenvalue weighted by atomic mass is 15.0. The first-order chi connectivity index (χ1) is 25.8. The Balaban J connectivity index is 1.14. The standard InChI is InChI=1S/C47H31N5/c1-3-15-32(16-4-1)45-48-46(33-17-5-2-6-18-33)50-47(49-45)36-21-14-23-38(30-36)51-41-26-10-7-19-35(41)31-44(51)34-20-13-22-37(29-34)52-42-27-11-8-24-39(42)40-25-9-12-28-43(40)52/h1-31H. The van der Waals surface area contributed by atoms with Crippen molar-refractivity contribution < 1.29 is 0 Å². The van der Waals surface area contributed by atoms with Gasteiger partial charge in [0.15, 0.2) is 17.5 Å². The van der Waals surface area contributed by atoms with Crippen molar-refractivity contribution in [3.63, 3.8) is 0 Å². The van der Waals surface area contributed by atoms with E-state index in [-0.39, 0.29) is 0 Å². The van der Waals surface area contributed by atoms with Crippen LogP contribution in [0, 0.1) is 0 Å². The topological polar surface area (TPSA) is 48.5 Å². The Hall–Kier alpha value is -7.11. The predicted molar refractivity (Wildman–Crippen MR) is 213 cm³/mol. The van der Waals surface area contributed by atoms with Gasteiger partial charge in [0.05, 0.1) is 22.2 Å². The SMILES string of the molecule is c1ccc(-c2nc(-c3ccccc3)nc(-c3cccc(-n4c(-c5cccc(-n6c7ccccc7c7ccccc76)c5)cc5ccccc54)c3)n2)cc1. The molecule has 0 aliphatic heterocycles. The van der Waals surface area contributed by atoms with Crippen LogP contribution in [-0.2, 0) is 0 Å². The Kier molecular flexibility index (Phi) is 7.07. The minimum absolute atomic E-state index is 0.626. The van der Waals surface area contributed by atoms with E-state index in [1.54, 1.807) is 0 Å². The first kappa shape index (κ1) is 29.8. The fourth-order valence-electron chi connectivity index (χ4n) is 7.37. The van der Waals surface area contributed by atoms with Crippen molar-refractivity contribution in [2.75, 3.05) is 0 Å². The maximum Gasteiger partial charge on any atom is 0.164 e. The van der Waals surface area contributed by atoms with Crippen molar-refractivity contribution in [2.24, 2.45) is 0 Å². The molecule has 10 aromatic rings. The van der Waals surface area contributed by atoms with Crippen LogP contribution < -0.4 is 0 Å². The van der Waals surface area contributed by atoms with E-state index in [0.29, 0.717) is 17.5 Å². The Morgan fingerprint density at radius 1 is 0.308 bits per heavy atom. The van der Waals surface area contributed by atoms with E-state index in [0.717, 1.165) is 44.8 Å². The van der Waals surface area contributed by atoms with E-state index in [1.165, 1.54) is 27.2 Å². The number of hydrogen-bond acceptors (Lipinski definition) is 3. The van der Waals surface area contributed by atoms with Gasteiger partial charge in [-0.15, -0.1) is 0 Å². The van der Waals surface area contributed by atoms with Crippen LogP contribution in [-0.4, -0.2) is 24.1 Å². The van der Waals surface area contributed by atoms with Crippen LogP contribution in [0.25, 0.3) is 89.5 Å². The lowest BCUT2D eigenvalue weighted by molar-refractivity contribution is 1.07. The average molecular weight is 666 g/mol. The molecule has 52 heavy (non-hydrogen) atoms. The highest BCUT2D eigenvalue weighted by Gasteiger charge is 2.18. The molecule has 0 N–H and O–H groups in total. The molecule has 7 aromatic carbocycles. The smallest absolute Gasteiger partial charge is 0.164 e. The number of aromatic nitrogens is 5. The van der Waals surface area contributed by atoms with Gasteiger partial charge in [-0.3, -0.25) is 0 Å². The van der Waals surface area contributed by atoms with Crippen molar-refractivity contribution in [1.82, 2.24) is 24.1 Å². The molecule has 0 aliphatic carbocycles. The molecule has 0 spiro atoms. The summed E-state index contributed by atoms with van der Waals surface area (Å²) >= 11 is 0. The van der Waals surface area contributed by atoms with Crippen molar-refractivity contribution in [2.45, 2.75) is 0 Å². The lowest BCUT2D eigenvalue weighted by atomic mass is 10.1. The van der Waals surface area contributed by atoms with E-state index in [1.807, 2.05) is 60.7 Å². The minimum atomic E-state index is 0.626. The van der Waals surface area contributed by atoms with Crippen LogP contribution in [0.1, 0.15) is 0 Å². The third kappa shape index (κ3) is 5.07. The zero-order valence-corrected chi connectivity index (χ0v) is 28.1. The second-order valence-electron chi connectivity index (χ2n) is 12.9. The van der Waals surface area contributed by atoms with Crippen molar-refractivity contribution >= 4 is 32.7 Å². The summed E-state index contributed by atoms with van der Waals surface area (Å²) in [5, 5.41) is 3.67. The van der Waals surface area contributed by atoms with E-state index in [9.17, 15) is 0 Å². The molecule has 5 heteroatoms. The highest BCUT2D eigenvalue weighted by molar-refractivity contribution is 6.09. The molecule has 0 fully saturated rings. The minimum Gasteiger partial charge on any atom is -0.309 e. The summed E-state index contributed by atoms with van der Waals surface area (Å²) in [6.07, 6.45) is 0. The molecule has 3 heterocycles. The quantitative estimate of drug-likeness (QED) is 0.178. The number of rotatable bonds is 6. The number of fused-ring (bicyclic) bond motifs is 4. The summed E-state index contributed by atoms with van der Waals surface area (Å²) in [4.78, 5) is 14.9. The second-order valence-corrected chi connectivity index (χ2v) is 12.9. The monoisotopic (exact) mass is 665 g/mol. The maximum absolute atomic E-state index is 5.02. The molecule has 3 aromatic heterocycles. The van der Waals surface area contributed by atoms with Gasteiger partial charge in [0.25, 0.3) is 0 Å². The van der Waals surface area contributed by atoms with Crippen molar-refractivity contribution in [1.29, 1.82) is 0 Å². The Morgan fingerprint density at radius 2 is 0.750 bits per heavy atom. The number of hydrogen-bond donors (Lipinski definition) is 0. The van der Waals surface area contributed by atoms with Crippen molar-refractivity contribution in [3.05, 3.63) is 188 Å². The van der Waals surface area contributed by atoms with E-state index < -0.39 is 0 Å². The van der Waals surface area contributed by atoms with Gasteiger partial charge in [-0.25, -0.2) is 15.0 Å². The summed E-state index contributed by atoms with van der Waals surface area (Å²) in [5.74, 6) is 1.91. The third-order valence-corrected chi connectivity index (χ3v) is 9.75. The molecule has 0 unspecified atom stereocenters. The molecule has 0 aliphatic rings. The summed E-state index contributed by atoms with van der Waals surface area (Å²) in [6.45, 7) is 0. The zero-order valence-electron chi connectivity index (χ0n) is 28.1. The maximum atomic E-state index is 5.02. The lowest BCUT2D eigenvalue weighted by Crippen LogP contribution is -2.02. The molecule has 0 saturated carbocycles. The van der Waals surface area contributed by atoms with Crippen LogP contribution in [0.3, 0.4) is 0 Å². The van der Waals surface area contributed by atoms with Crippen LogP contribution in [0.4, 0.5) is 0 Å². The van der Waals surface area contributed by atoms with E-state index >= 15 is 0 Å². The molecule has 5 nitrogen and oxygen atoms in total. The normalized spacial score (nSPS) is 11.5. The van der Waals surface area contributed by atoms with Crippen LogP contribution in [0.2, 0.25) is 0 Å². The molecular weight excluding hydrogens is 635 g/mol. The first-order valence-corrected chi connectivity index (χ1v) is 17.5. The Labute approximate surface area is 300 Å². The average Bonchev–Trinajstić information content (AvgIpc) is 3.78. The van der Waals surface area contributed by atoms with Gasteiger partial charge in [0, 0.05) is 49.8 Å². The van der Waals surface area contributed by atoms with Crippen LogP contribution >= 0.6 is 0 Å². The van der Waals surface area contributed by atoms with Gasteiger partial charge >= 0.3 is 0 Å². The van der Waals surface area contributed by atoms with E-state index in [2.05, 4.69) is 137 Å². The molecule has 0 atom stereocenters. The highest BCUT2D eigenvalue weighted by Crippen LogP contribution is 2.36. The Morgan fingerprint density at radius 3 is 1.37 bits per heavy atom. The number of benzene rings is 7. The van der Waals surface area contributed by atoms with Crippen LogP contribution in [0.15, 0.2) is 188 Å². The molecule has 0 radical (unpaired) electrons. The summed E-state index contributed by atoms with van der Waals surface area (Å²) in [6, 6.07) is 65.7. The van der Waals surface area contributed by atoms with Gasteiger partial charge < -0.3 is 9.13 Å². The van der Waals surface area contributed by atoms with E-state index in [4.69, 9.17) is 15.0 Å². The van der Waals surface area contributed by atoms with Crippen LogP contribution in [0.5, 0.6) is 0 Å². The first-order valence-electron chi connectivity index (χ1n) is 17.5. The van der Waals surface area contributed by atoms with Gasteiger partial charge in [-0.1, -0.05) is 140 Å². The molecule has 10 rings (SSSR count). The van der Waals surface area contributed by atoms with Crippen molar-refractivity contribution in [3.8, 4) is 56.8 Å². The second kappa shape index (κ2) is 12.3. The summed E-state index contributed by atoms with van der Waals surface area (Å²) in [5.41, 5.74) is 10.7. The number of para-hydroxylation sites is 3. The fourth-order valence-corrected chi connectivity index (χ4v) is 7.37. The summed E-state index contributed by atoms with van der Waals surface area (Å²) < 4.78 is 4.72. The van der Waals surface area contributed by atoms with Gasteiger partial charge in [0.2, 0.25) is 0 Å². The fraction of sp³-hybridized carbons (Fsp3) is 0. The molecule has 0 bridgehead atoms. The van der Waals surface area contributed by atoms with Gasteiger partial charge in [-0.2, -0.15) is 0 Å². The predicted octanol–water partition coefficient (Wildman–Crippen LogP) is 11.6. The third-order valence-electron chi connectivity index (χ3n) is 9.75. The molecule has 0 amide bonds. The zero-order chi connectivity index (χ0) is 34.4. The summed E-state index contributed by atoms with van der Waals surface area (Å²) in [7, 11) is 0. The molecular formula is C47H31N5.